The molecule has 42 heavy (non-hydrogen) atoms. The lowest BCUT2D eigenvalue weighted by Gasteiger charge is -2.58. The van der Waals surface area contributed by atoms with Crippen molar-refractivity contribution in [1.82, 2.24) is 4.90 Å². The molecule has 2 heterocycles. The first-order valence-corrected chi connectivity index (χ1v) is 18.0. The molecule has 1 N–H and O–H groups in total. The third-order valence-corrected chi connectivity index (χ3v) is 12.1. The van der Waals surface area contributed by atoms with Crippen LogP contribution < -0.4 is 9.46 Å². The van der Waals surface area contributed by atoms with Gasteiger partial charge in [0, 0.05) is 28.3 Å². The Bertz CT molecular complexity index is 1560. The molecule has 0 amide bonds. The Labute approximate surface area is 268 Å². The predicted octanol–water partition coefficient (Wildman–Crippen LogP) is 7.36. The van der Waals surface area contributed by atoms with Gasteiger partial charge in [-0.15, -0.1) is 28.3 Å². The van der Waals surface area contributed by atoms with Gasteiger partial charge < -0.3 is 9.64 Å². The van der Waals surface area contributed by atoms with Crippen molar-refractivity contribution in [3.05, 3.63) is 70.1 Å². The molecule has 3 atom stereocenters. The number of piperidine rings is 1. The normalized spacial score (nSPS) is 24.3. The number of thiophene rings is 1. The number of sulfonamides is 1. The lowest BCUT2D eigenvalue weighted by molar-refractivity contribution is 0.00274. The highest BCUT2D eigenvalue weighted by Crippen LogP contribution is 2.56. The Kier molecular flexibility index (Phi) is 9.50. The maximum Gasteiger partial charge on any atom is 0.229 e. The topological polar surface area (TPSA) is 75.7 Å². The van der Waals surface area contributed by atoms with E-state index in [0.717, 1.165) is 38.6 Å². The number of Topliss-reactive ketones (excluding diaryl/α,β-unsaturated/α-hetero) is 1. The molecule has 3 aromatic rings. The number of likely N-dealkylation sites (N-methyl/N-ethyl adjacent to an activating group) is 1. The van der Waals surface area contributed by atoms with Gasteiger partial charge in [-0.1, -0.05) is 36.7 Å². The summed E-state index contributed by atoms with van der Waals surface area (Å²) in [4.78, 5) is 15.3. The number of likely N-dealkylation sites (tertiary alicyclic amines) is 1. The SMILES string of the molecule is Br.COc1ccc2c(c1)[C@]13CCCC[C@@H]1[C@H](C2)N(C)CC3.CS(=O)(=O)Nc1cc2c(cc1Sc1cccs1)C(=O)CC2. The highest BCUT2D eigenvalue weighted by Gasteiger charge is 2.53. The minimum absolute atomic E-state index is 0. The Balaban J connectivity index is 0.000000164. The molecule has 0 spiro atoms. The van der Waals surface area contributed by atoms with Crippen molar-refractivity contribution >= 4 is 61.6 Å². The van der Waals surface area contributed by atoms with Crippen LogP contribution in [0.25, 0.3) is 0 Å². The molecule has 7 rings (SSSR count). The highest BCUT2D eigenvalue weighted by molar-refractivity contribution is 8.93. The number of nitrogens with one attached hydrogen (secondary N) is 1. The zero-order chi connectivity index (χ0) is 28.8. The smallest absolute Gasteiger partial charge is 0.229 e. The first-order chi connectivity index (χ1) is 19.7. The molecule has 0 unspecified atom stereocenters. The molecule has 4 aliphatic rings. The predicted molar refractivity (Wildman–Crippen MR) is 178 cm³/mol. The molecule has 10 heteroatoms. The first kappa shape index (κ1) is 31.6. The van der Waals surface area contributed by atoms with Crippen molar-refractivity contribution in [1.29, 1.82) is 0 Å². The number of aryl methyl sites for hydroxylation is 1. The molecular formula is C32H39BrN2O4S3. The summed E-state index contributed by atoms with van der Waals surface area (Å²) in [6.45, 7) is 1.26. The lowest BCUT2D eigenvalue weighted by Crippen LogP contribution is -2.59. The molecule has 226 valence electrons. The fourth-order valence-electron chi connectivity index (χ4n) is 7.57. The maximum atomic E-state index is 11.9. The number of hydrogen-bond donors (Lipinski definition) is 1. The van der Waals surface area contributed by atoms with Gasteiger partial charge in [0.25, 0.3) is 0 Å². The Morgan fingerprint density at radius 1 is 1.10 bits per heavy atom. The fraction of sp³-hybridized carbons (Fsp3) is 0.469. The van der Waals surface area contributed by atoms with Crippen LogP contribution in [-0.4, -0.2) is 52.1 Å². The largest absolute Gasteiger partial charge is 0.497 e. The molecule has 6 nitrogen and oxygen atoms in total. The van der Waals surface area contributed by atoms with Crippen LogP contribution in [-0.2, 0) is 28.3 Å². The molecule has 0 radical (unpaired) electrons. The minimum atomic E-state index is -3.35. The van der Waals surface area contributed by atoms with Crippen LogP contribution in [0.2, 0.25) is 0 Å². The van der Waals surface area contributed by atoms with Crippen molar-refractivity contribution < 1.29 is 17.9 Å². The van der Waals surface area contributed by atoms with E-state index in [2.05, 4.69) is 34.9 Å². The van der Waals surface area contributed by atoms with Crippen LogP contribution in [0.3, 0.4) is 0 Å². The van der Waals surface area contributed by atoms with Crippen LogP contribution >= 0.6 is 40.1 Å². The van der Waals surface area contributed by atoms with Crippen LogP contribution in [0.1, 0.15) is 65.6 Å². The number of rotatable bonds is 5. The van der Waals surface area contributed by atoms with Gasteiger partial charge in [0.2, 0.25) is 10.0 Å². The van der Waals surface area contributed by atoms with Gasteiger partial charge in [0.1, 0.15) is 5.75 Å². The summed E-state index contributed by atoms with van der Waals surface area (Å²) in [7, 11) is 0.766. The standard InChI is InChI=1S/C18H25NO.C14H13NO3S3.BrH/c1-19-10-9-18-8-4-3-5-15(18)17(19)11-13-6-7-14(20-2)12-16(13)18;1-21(17,18)15-11-7-9-4-5-12(16)10(9)8-13(11)20-14-3-2-6-19-14;/h6-7,12,15,17H,3-5,8-11H2,1-2H3;2-3,6-8,15H,4-5H2,1H3;1H/t15-,17+,18+;;/m1../s1. The number of hydrogen-bond acceptors (Lipinski definition) is 7. The average molecular weight is 692 g/mol. The molecule has 1 saturated heterocycles. The molecular weight excluding hydrogens is 652 g/mol. The number of ketones is 1. The van der Waals surface area contributed by atoms with Crippen molar-refractivity contribution in [3.8, 4) is 5.75 Å². The van der Waals surface area contributed by atoms with Gasteiger partial charge in [-0.3, -0.25) is 9.52 Å². The zero-order valence-corrected chi connectivity index (χ0v) is 28.5. The molecule has 2 bridgehead atoms. The first-order valence-electron chi connectivity index (χ1n) is 14.4. The molecule has 1 aromatic heterocycles. The second-order valence-corrected chi connectivity index (χ2v) is 15.9. The van der Waals surface area contributed by atoms with Gasteiger partial charge in [-0.25, -0.2) is 8.42 Å². The van der Waals surface area contributed by atoms with Crippen LogP contribution in [0.15, 0.2) is 56.9 Å². The number of halogens is 1. The van der Waals surface area contributed by atoms with E-state index in [-0.39, 0.29) is 22.8 Å². The van der Waals surface area contributed by atoms with Crippen molar-refractivity contribution in [2.24, 2.45) is 5.92 Å². The molecule has 2 fully saturated rings. The van der Waals surface area contributed by atoms with Crippen molar-refractivity contribution in [2.45, 2.75) is 71.9 Å². The number of anilines is 1. The van der Waals surface area contributed by atoms with Gasteiger partial charge >= 0.3 is 0 Å². The van der Waals surface area contributed by atoms with Gasteiger partial charge in [0.15, 0.2) is 5.78 Å². The summed E-state index contributed by atoms with van der Waals surface area (Å²) >= 11 is 3.05. The summed E-state index contributed by atoms with van der Waals surface area (Å²) in [5, 5.41) is 1.96. The van der Waals surface area contributed by atoms with E-state index in [0.29, 0.717) is 29.5 Å². The van der Waals surface area contributed by atoms with E-state index < -0.39 is 10.0 Å². The lowest BCUT2D eigenvalue weighted by atomic mass is 9.52. The number of ether oxygens (including phenoxy) is 1. The summed E-state index contributed by atoms with van der Waals surface area (Å²) in [6.07, 6.45) is 10.5. The number of benzene rings is 2. The fourth-order valence-corrected chi connectivity index (χ4v) is 10.0. The Morgan fingerprint density at radius 3 is 2.67 bits per heavy atom. The van der Waals surface area contributed by atoms with Crippen LogP contribution in [0.5, 0.6) is 5.75 Å². The second-order valence-electron chi connectivity index (χ2n) is 11.9. The van der Waals surface area contributed by atoms with E-state index in [4.69, 9.17) is 4.74 Å². The summed E-state index contributed by atoms with van der Waals surface area (Å²) < 4.78 is 32.2. The Hall–Kier alpha value is -1.85. The second kappa shape index (κ2) is 12.6. The van der Waals surface area contributed by atoms with Gasteiger partial charge in [0.05, 0.1) is 23.3 Å². The van der Waals surface area contributed by atoms with E-state index in [9.17, 15) is 13.2 Å². The van der Waals surface area contributed by atoms with Crippen LogP contribution in [0.4, 0.5) is 5.69 Å². The van der Waals surface area contributed by atoms with E-state index in [1.54, 1.807) is 35.6 Å². The summed E-state index contributed by atoms with van der Waals surface area (Å²) in [5.74, 6) is 2.04. The number of carbonyl (C=O) groups excluding carboxylic acids is 1. The van der Waals surface area contributed by atoms with Crippen molar-refractivity contribution in [3.63, 3.8) is 0 Å². The summed E-state index contributed by atoms with van der Waals surface area (Å²) in [6, 6.07) is 15.1. The minimum Gasteiger partial charge on any atom is -0.497 e. The summed E-state index contributed by atoms with van der Waals surface area (Å²) in [5.41, 5.74) is 5.85. The molecule has 2 aromatic carbocycles. The zero-order valence-electron chi connectivity index (χ0n) is 24.4. The molecule has 3 aliphatic carbocycles. The quantitative estimate of drug-likeness (QED) is 0.302. The number of nitrogens with zero attached hydrogens (tertiary/aromatic N) is 1. The monoisotopic (exact) mass is 690 g/mol. The van der Waals surface area contributed by atoms with Gasteiger partial charge in [-0.05, 0) is 104 Å². The average Bonchev–Trinajstić information content (AvgIpc) is 3.60. The van der Waals surface area contributed by atoms with Crippen molar-refractivity contribution in [2.75, 3.05) is 31.7 Å². The van der Waals surface area contributed by atoms with E-state index >= 15 is 0 Å². The Morgan fingerprint density at radius 2 is 1.93 bits per heavy atom. The molecule has 1 saturated carbocycles. The molecule has 1 aliphatic heterocycles. The number of fused-ring (bicyclic) bond motifs is 2. The van der Waals surface area contributed by atoms with E-state index in [1.165, 1.54) is 56.8 Å². The highest BCUT2D eigenvalue weighted by atomic mass is 79.9. The third-order valence-electron chi connectivity index (χ3n) is 9.45. The van der Waals surface area contributed by atoms with E-state index in [1.807, 2.05) is 23.6 Å². The van der Waals surface area contributed by atoms with Crippen LogP contribution in [0, 0.1) is 5.92 Å². The maximum absolute atomic E-state index is 11.9. The van der Waals surface area contributed by atoms with Gasteiger partial charge in [-0.2, -0.15) is 0 Å². The number of carbonyl (C=O) groups is 1. The third kappa shape index (κ3) is 6.20. The number of methoxy groups -OCH3 is 1.